The second-order valence-electron chi connectivity index (χ2n) is 4.24. The van der Waals surface area contributed by atoms with Crippen LogP contribution in [0.3, 0.4) is 0 Å². The van der Waals surface area contributed by atoms with Gasteiger partial charge < -0.3 is 10.6 Å². The fraction of sp³-hybridized carbons (Fsp3) is 0.500. The molecule has 2 rings (SSSR count). The van der Waals surface area contributed by atoms with Gasteiger partial charge in [0, 0.05) is 35.2 Å². The highest BCUT2D eigenvalue weighted by atomic mass is 35.5. The minimum atomic E-state index is 0.437. The smallest absolute Gasteiger partial charge is 0.0453 e. The van der Waals surface area contributed by atoms with Crippen LogP contribution in [0.4, 0.5) is 0 Å². The van der Waals surface area contributed by atoms with Crippen molar-refractivity contribution in [2.45, 2.75) is 25.4 Å². The van der Waals surface area contributed by atoms with Gasteiger partial charge >= 0.3 is 0 Å². The van der Waals surface area contributed by atoms with Crippen LogP contribution in [-0.4, -0.2) is 25.2 Å². The molecule has 1 aliphatic heterocycles. The Labute approximate surface area is 106 Å². The monoisotopic (exact) mass is 258 g/mol. The maximum atomic E-state index is 6.16. The van der Waals surface area contributed by atoms with Crippen molar-refractivity contribution in [2.24, 2.45) is 0 Å². The highest BCUT2D eigenvalue weighted by molar-refractivity contribution is 6.35. The van der Waals surface area contributed by atoms with Gasteiger partial charge in [0.25, 0.3) is 0 Å². The zero-order valence-corrected chi connectivity index (χ0v) is 10.8. The number of halogens is 2. The molecule has 0 spiro atoms. The zero-order chi connectivity index (χ0) is 11.5. The molecule has 2 nitrogen and oxygen atoms in total. The first-order valence-electron chi connectivity index (χ1n) is 5.57. The SMILES string of the molecule is CC1NCCNC1Cc1ccc(Cl)cc1Cl. The zero-order valence-electron chi connectivity index (χ0n) is 9.26. The van der Waals surface area contributed by atoms with Gasteiger partial charge in [-0.1, -0.05) is 29.3 Å². The number of benzene rings is 1. The molecule has 1 saturated heterocycles. The Morgan fingerprint density at radius 3 is 2.69 bits per heavy atom. The number of piperazine rings is 1. The second-order valence-corrected chi connectivity index (χ2v) is 5.09. The van der Waals surface area contributed by atoms with Crippen molar-refractivity contribution < 1.29 is 0 Å². The second kappa shape index (κ2) is 5.37. The van der Waals surface area contributed by atoms with Crippen molar-refractivity contribution in [2.75, 3.05) is 13.1 Å². The van der Waals surface area contributed by atoms with Gasteiger partial charge in [-0.2, -0.15) is 0 Å². The van der Waals surface area contributed by atoms with Crippen LogP contribution in [0.15, 0.2) is 18.2 Å². The van der Waals surface area contributed by atoms with E-state index in [1.165, 1.54) is 0 Å². The Kier molecular flexibility index (Phi) is 4.09. The lowest BCUT2D eigenvalue weighted by Gasteiger charge is -2.31. The van der Waals surface area contributed by atoms with Crippen molar-refractivity contribution in [3.05, 3.63) is 33.8 Å². The maximum absolute atomic E-state index is 6.16. The summed E-state index contributed by atoms with van der Waals surface area (Å²) in [5.74, 6) is 0. The Morgan fingerprint density at radius 2 is 2.00 bits per heavy atom. The average Bonchev–Trinajstić information content (AvgIpc) is 2.25. The van der Waals surface area contributed by atoms with Crippen molar-refractivity contribution >= 4 is 23.2 Å². The van der Waals surface area contributed by atoms with Gasteiger partial charge in [-0.05, 0) is 31.0 Å². The van der Waals surface area contributed by atoms with Gasteiger partial charge in [-0.3, -0.25) is 0 Å². The highest BCUT2D eigenvalue weighted by Gasteiger charge is 2.21. The molecule has 1 aliphatic rings. The average molecular weight is 259 g/mol. The lowest BCUT2D eigenvalue weighted by molar-refractivity contribution is 0.337. The summed E-state index contributed by atoms with van der Waals surface area (Å²) in [6, 6.07) is 6.62. The third-order valence-electron chi connectivity index (χ3n) is 3.06. The van der Waals surface area contributed by atoms with Crippen molar-refractivity contribution in [1.29, 1.82) is 0 Å². The van der Waals surface area contributed by atoms with E-state index < -0.39 is 0 Å². The van der Waals surface area contributed by atoms with Crippen LogP contribution in [0.25, 0.3) is 0 Å². The molecule has 1 aromatic rings. The van der Waals surface area contributed by atoms with Gasteiger partial charge in [-0.25, -0.2) is 0 Å². The molecule has 1 aromatic carbocycles. The van der Waals surface area contributed by atoms with E-state index in [9.17, 15) is 0 Å². The first kappa shape index (κ1) is 12.2. The normalized spacial score (nSPS) is 25.7. The summed E-state index contributed by atoms with van der Waals surface area (Å²) in [6.45, 7) is 4.24. The first-order chi connectivity index (χ1) is 7.66. The first-order valence-corrected chi connectivity index (χ1v) is 6.33. The van der Waals surface area contributed by atoms with Gasteiger partial charge in [0.15, 0.2) is 0 Å². The molecule has 0 amide bonds. The summed E-state index contributed by atoms with van der Waals surface area (Å²) in [7, 11) is 0. The third-order valence-corrected chi connectivity index (χ3v) is 3.64. The molecule has 0 bridgehead atoms. The van der Waals surface area contributed by atoms with Crippen LogP contribution in [-0.2, 0) is 6.42 Å². The summed E-state index contributed by atoms with van der Waals surface area (Å²) in [4.78, 5) is 0. The minimum absolute atomic E-state index is 0.437. The van der Waals surface area contributed by atoms with Crippen LogP contribution < -0.4 is 10.6 Å². The molecule has 88 valence electrons. The molecule has 0 saturated carbocycles. The summed E-state index contributed by atoms with van der Waals surface area (Å²) in [5, 5.41) is 8.40. The van der Waals surface area contributed by atoms with E-state index in [-0.39, 0.29) is 0 Å². The molecule has 2 N–H and O–H groups in total. The molecule has 2 unspecified atom stereocenters. The van der Waals surface area contributed by atoms with E-state index >= 15 is 0 Å². The predicted molar refractivity (Wildman–Crippen MR) is 69.4 cm³/mol. The molecular weight excluding hydrogens is 243 g/mol. The lowest BCUT2D eigenvalue weighted by Crippen LogP contribution is -2.55. The fourth-order valence-corrected chi connectivity index (χ4v) is 2.54. The predicted octanol–water partition coefficient (Wildman–Crippen LogP) is 2.49. The summed E-state index contributed by atoms with van der Waals surface area (Å²) < 4.78 is 0. The molecule has 0 aromatic heterocycles. The van der Waals surface area contributed by atoms with Gasteiger partial charge in [0.05, 0.1) is 0 Å². The van der Waals surface area contributed by atoms with E-state index in [1.807, 2.05) is 12.1 Å². The van der Waals surface area contributed by atoms with E-state index in [0.717, 1.165) is 30.1 Å². The van der Waals surface area contributed by atoms with Gasteiger partial charge in [-0.15, -0.1) is 0 Å². The summed E-state index contributed by atoms with van der Waals surface area (Å²) in [6.07, 6.45) is 0.935. The summed E-state index contributed by atoms with van der Waals surface area (Å²) in [5.41, 5.74) is 1.15. The molecule has 16 heavy (non-hydrogen) atoms. The Balaban J connectivity index is 2.07. The van der Waals surface area contributed by atoms with E-state index in [4.69, 9.17) is 23.2 Å². The number of nitrogens with one attached hydrogen (secondary N) is 2. The number of hydrogen-bond acceptors (Lipinski definition) is 2. The summed E-state index contributed by atoms with van der Waals surface area (Å²) >= 11 is 12.0. The van der Waals surface area contributed by atoms with E-state index in [0.29, 0.717) is 17.1 Å². The van der Waals surface area contributed by atoms with Gasteiger partial charge in [0.2, 0.25) is 0 Å². The van der Waals surface area contributed by atoms with Crippen molar-refractivity contribution in [3.8, 4) is 0 Å². The molecule has 1 heterocycles. The molecular formula is C12H16Cl2N2. The molecule has 0 aliphatic carbocycles. The highest BCUT2D eigenvalue weighted by Crippen LogP contribution is 2.22. The van der Waals surface area contributed by atoms with Crippen molar-refractivity contribution in [1.82, 2.24) is 10.6 Å². The van der Waals surface area contributed by atoms with Crippen LogP contribution in [0.1, 0.15) is 12.5 Å². The quantitative estimate of drug-likeness (QED) is 0.852. The maximum Gasteiger partial charge on any atom is 0.0453 e. The number of hydrogen-bond donors (Lipinski definition) is 2. The largest absolute Gasteiger partial charge is 0.311 e. The minimum Gasteiger partial charge on any atom is -0.311 e. The molecule has 1 fully saturated rings. The Morgan fingerprint density at radius 1 is 1.25 bits per heavy atom. The Bertz CT molecular complexity index is 368. The topological polar surface area (TPSA) is 24.1 Å². The van der Waals surface area contributed by atoms with Crippen LogP contribution >= 0.6 is 23.2 Å². The lowest BCUT2D eigenvalue weighted by atomic mass is 9.99. The standard InChI is InChI=1S/C12H16Cl2N2/c1-8-12(16-5-4-15-8)6-9-2-3-10(13)7-11(9)14/h2-3,7-8,12,15-16H,4-6H2,1H3. The fourth-order valence-electron chi connectivity index (χ4n) is 2.05. The molecule has 4 heteroatoms. The molecule has 2 atom stereocenters. The van der Waals surface area contributed by atoms with Crippen molar-refractivity contribution in [3.63, 3.8) is 0 Å². The Hall–Kier alpha value is -0.280. The van der Waals surface area contributed by atoms with E-state index in [2.05, 4.69) is 17.6 Å². The van der Waals surface area contributed by atoms with Crippen LogP contribution in [0, 0.1) is 0 Å². The van der Waals surface area contributed by atoms with E-state index in [1.54, 1.807) is 6.07 Å². The molecule has 0 radical (unpaired) electrons. The third kappa shape index (κ3) is 2.89. The van der Waals surface area contributed by atoms with Crippen LogP contribution in [0.5, 0.6) is 0 Å². The number of rotatable bonds is 2. The van der Waals surface area contributed by atoms with Gasteiger partial charge in [0.1, 0.15) is 0 Å². The van der Waals surface area contributed by atoms with Crippen LogP contribution in [0.2, 0.25) is 10.0 Å².